The van der Waals surface area contributed by atoms with Crippen LogP contribution < -0.4 is 9.88 Å². The van der Waals surface area contributed by atoms with Gasteiger partial charge in [-0.1, -0.05) is 0 Å². The van der Waals surface area contributed by atoms with Crippen LogP contribution in [0.5, 0.6) is 5.75 Å². The molecule has 1 aromatic carbocycles. The maximum absolute atomic E-state index is 11.2. The summed E-state index contributed by atoms with van der Waals surface area (Å²) < 4.78 is 33.2. The van der Waals surface area contributed by atoms with Gasteiger partial charge in [0.15, 0.2) is 0 Å². The number of hydrogen-bond acceptors (Lipinski definition) is 4. The van der Waals surface area contributed by atoms with E-state index in [1.807, 2.05) is 0 Å². The zero-order valence-electron chi connectivity index (χ0n) is 9.55. The van der Waals surface area contributed by atoms with Gasteiger partial charge in [0.05, 0.1) is 18.1 Å². The molecule has 0 amide bonds. The molecule has 5 nitrogen and oxygen atoms in total. The molecule has 17 heavy (non-hydrogen) atoms. The van der Waals surface area contributed by atoms with Crippen molar-refractivity contribution >= 4 is 10.0 Å². The van der Waals surface area contributed by atoms with Gasteiger partial charge in [0.1, 0.15) is 11.9 Å². The maximum atomic E-state index is 11.2. The van der Waals surface area contributed by atoms with E-state index >= 15 is 0 Å². The van der Waals surface area contributed by atoms with Gasteiger partial charge in [-0.3, -0.25) is 0 Å². The summed E-state index contributed by atoms with van der Waals surface area (Å²) in [4.78, 5) is 0.102. The molecule has 0 bridgehead atoms. The summed E-state index contributed by atoms with van der Waals surface area (Å²) in [6.45, 7) is 3.08. The molecule has 94 valence electrons. The highest BCUT2D eigenvalue weighted by atomic mass is 32.2. The molecule has 0 saturated carbocycles. The van der Waals surface area contributed by atoms with E-state index < -0.39 is 10.0 Å². The molecule has 2 N–H and O–H groups in total. The van der Waals surface area contributed by atoms with E-state index in [9.17, 15) is 8.42 Å². The van der Waals surface area contributed by atoms with Crippen LogP contribution in [0.2, 0.25) is 0 Å². The van der Waals surface area contributed by atoms with Gasteiger partial charge in [-0.2, -0.15) is 0 Å². The maximum Gasteiger partial charge on any atom is 0.238 e. The molecule has 1 unspecified atom stereocenters. The molecule has 1 atom stereocenters. The number of sulfonamides is 1. The second-order valence-corrected chi connectivity index (χ2v) is 5.64. The number of benzene rings is 1. The Balaban J connectivity index is 2.19. The molecule has 0 aliphatic carbocycles. The summed E-state index contributed by atoms with van der Waals surface area (Å²) >= 11 is 0. The average molecular weight is 257 g/mol. The van der Waals surface area contributed by atoms with Crippen LogP contribution in [0.1, 0.15) is 12.0 Å². The zero-order chi connectivity index (χ0) is 12.5. The largest absolute Gasteiger partial charge is 0.488 e. The fourth-order valence-corrected chi connectivity index (χ4v) is 2.32. The highest BCUT2D eigenvalue weighted by molar-refractivity contribution is 7.89. The van der Waals surface area contributed by atoms with Gasteiger partial charge in [-0.25, -0.2) is 13.6 Å². The van der Waals surface area contributed by atoms with Gasteiger partial charge >= 0.3 is 0 Å². The van der Waals surface area contributed by atoms with Gasteiger partial charge in [-0.05, 0) is 30.7 Å². The first-order valence-electron chi connectivity index (χ1n) is 5.34. The van der Waals surface area contributed by atoms with Crippen molar-refractivity contribution in [2.75, 3.05) is 13.2 Å². The Labute approximate surface area is 101 Å². The zero-order valence-corrected chi connectivity index (χ0v) is 10.4. The lowest BCUT2D eigenvalue weighted by molar-refractivity contribution is 0.141. The van der Waals surface area contributed by atoms with Crippen molar-refractivity contribution in [3.63, 3.8) is 0 Å². The molecular formula is C11H15NO4S. The van der Waals surface area contributed by atoms with Gasteiger partial charge in [0.2, 0.25) is 10.0 Å². The second-order valence-electron chi connectivity index (χ2n) is 4.08. The number of hydrogen-bond donors (Lipinski definition) is 1. The summed E-state index contributed by atoms with van der Waals surface area (Å²) in [7, 11) is -3.65. The summed E-state index contributed by atoms with van der Waals surface area (Å²) in [6, 6.07) is 4.60. The highest BCUT2D eigenvalue weighted by Crippen LogP contribution is 2.23. The molecule has 1 aliphatic rings. The molecule has 1 aromatic rings. The first-order valence-corrected chi connectivity index (χ1v) is 6.89. The highest BCUT2D eigenvalue weighted by Gasteiger charge is 2.18. The Morgan fingerprint density at radius 2 is 2.24 bits per heavy atom. The van der Waals surface area contributed by atoms with E-state index in [2.05, 4.69) is 0 Å². The predicted octanol–water partition coefficient (Wildman–Crippen LogP) is 0.810. The predicted molar refractivity (Wildman–Crippen MR) is 62.4 cm³/mol. The molecule has 6 heteroatoms. The molecule has 0 aromatic heterocycles. The molecular weight excluding hydrogens is 242 g/mol. The summed E-state index contributed by atoms with van der Waals surface area (Å²) in [5, 5.41) is 5.05. The molecule has 1 aliphatic heterocycles. The van der Waals surface area contributed by atoms with Gasteiger partial charge in [-0.15, -0.1) is 0 Å². The Morgan fingerprint density at radius 1 is 1.47 bits per heavy atom. The molecule has 0 spiro atoms. The van der Waals surface area contributed by atoms with E-state index in [-0.39, 0.29) is 11.0 Å². The van der Waals surface area contributed by atoms with Crippen LogP contribution in [-0.4, -0.2) is 27.7 Å². The Hall–Kier alpha value is -1.11. The van der Waals surface area contributed by atoms with Crippen molar-refractivity contribution in [3.8, 4) is 5.75 Å². The van der Waals surface area contributed by atoms with Crippen LogP contribution in [0.15, 0.2) is 23.1 Å². The monoisotopic (exact) mass is 257 g/mol. The Bertz CT molecular complexity index is 506. The smallest absolute Gasteiger partial charge is 0.238 e. The number of aryl methyl sites for hydroxylation is 1. The molecule has 1 saturated heterocycles. The third-order valence-electron chi connectivity index (χ3n) is 2.66. The van der Waals surface area contributed by atoms with E-state index in [1.54, 1.807) is 13.0 Å². The Kier molecular flexibility index (Phi) is 3.37. The fourth-order valence-electron chi connectivity index (χ4n) is 1.72. The van der Waals surface area contributed by atoms with Crippen molar-refractivity contribution in [2.45, 2.75) is 24.3 Å². The fraction of sp³-hybridized carbons (Fsp3) is 0.455. The van der Waals surface area contributed by atoms with E-state index in [0.717, 1.165) is 12.0 Å². The van der Waals surface area contributed by atoms with Gasteiger partial charge in [0, 0.05) is 6.42 Å². The van der Waals surface area contributed by atoms with Crippen molar-refractivity contribution in [2.24, 2.45) is 5.14 Å². The number of rotatable bonds is 3. The van der Waals surface area contributed by atoms with Crippen LogP contribution in [0.25, 0.3) is 0 Å². The minimum absolute atomic E-state index is 0.0500. The topological polar surface area (TPSA) is 78.6 Å². The SMILES string of the molecule is Cc1cc(S(N)(=O)=O)ccc1OC1CCOC1. The van der Waals surface area contributed by atoms with Crippen LogP contribution in [-0.2, 0) is 14.8 Å². The van der Waals surface area contributed by atoms with Crippen molar-refractivity contribution in [1.29, 1.82) is 0 Å². The summed E-state index contributed by atoms with van der Waals surface area (Å²) in [6.07, 6.45) is 0.908. The van der Waals surface area contributed by atoms with E-state index in [0.29, 0.717) is 19.0 Å². The lowest BCUT2D eigenvalue weighted by Crippen LogP contribution is -2.17. The Morgan fingerprint density at radius 3 is 2.76 bits per heavy atom. The lowest BCUT2D eigenvalue weighted by Gasteiger charge is -2.14. The minimum atomic E-state index is -3.65. The second kappa shape index (κ2) is 4.64. The van der Waals surface area contributed by atoms with Crippen LogP contribution in [0.3, 0.4) is 0 Å². The van der Waals surface area contributed by atoms with Crippen LogP contribution in [0, 0.1) is 6.92 Å². The molecule has 1 fully saturated rings. The van der Waals surface area contributed by atoms with Crippen LogP contribution in [0.4, 0.5) is 0 Å². The average Bonchev–Trinajstić information content (AvgIpc) is 2.72. The first kappa shape index (κ1) is 12.3. The summed E-state index contributed by atoms with van der Waals surface area (Å²) in [5.74, 6) is 0.674. The molecule has 2 rings (SSSR count). The first-order chi connectivity index (χ1) is 7.97. The van der Waals surface area contributed by atoms with Crippen LogP contribution >= 0.6 is 0 Å². The number of primary sulfonamides is 1. The normalized spacial score (nSPS) is 20.5. The lowest BCUT2D eigenvalue weighted by atomic mass is 10.2. The molecule has 1 heterocycles. The summed E-state index contributed by atoms with van der Waals surface area (Å²) in [5.41, 5.74) is 0.753. The third-order valence-corrected chi connectivity index (χ3v) is 3.57. The minimum Gasteiger partial charge on any atom is -0.488 e. The van der Waals surface area contributed by atoms with Crippen molar-refractivity contribution < 1.29 is 17.9 Å². The van der Waals surface area contributed by atoms with Gasteiger partial charge in [0.25, 0.3) is 0 Å². The van der Waals surface area contributed by atoms with Gasteiger partial charge < -0.3 is 9.47 Å². The molecule has 0 radical (unpaired) electrons. The standard InChI is InChI=1S/C11H15NO4S/c1-8-6-10(17(12,13)14)2-3-11(8)16-9-4-5-15-7-9/h2-3,6,9H,4-5,7H2,1H3,(H2,12,13,14). The quantitative estimate of drug-likeness (QED) is 0.869. The number of nitrogens with two attached hydrogens (primary N) is 1. The van der Waals surface area contributed by atoms with Crippen molar-refractivity contribution in [3.05, 3.63) is 23.8 Å². The van der Waals surface area contributed by atoms with E-state index in [4.69, 9.17) is 14.6 Å². The number of ether oxygens (including phenoxy) is 2. The van der Waals surface area contributed by atoms with Crippen molar-refractivity contribution in [1.82, 2.24) is 0 Å². The third kappa shape index (κ3) is 2.96. The van der Waals surface area contributed by atoms with E-state index in [1.165, 1.54) is 12.1 Å².